The fraction of sp³-hybridized carbons (Fsp3) is 0.150. The molecule has 0 bridgehead atoms. The second-order valence-corrected chi connectivity index (χ2v) is 7.21. The second-order valence-electron chi connectivity index (χ2n) is 6.43. The Morgan fingerprint density at radius 3 is 2.96 bits per heavy atom. The minimum atomic E-state index is 0.788. The summed E-state index contributed by atoms with van der Waals surface area (Å²) in [6.07, 6.45) is 6.40. The third-order valence-electron chi connectivity index (χ3n) is 4.74. The van der Waals surface area contributed by atoms with E-state index in [4.69, 9.17) is 0 Å². The van der Waals surface area contributed by atoms with Crippen LogP contribution >= 0.6 is 11.3 Å². The molecule has 0 aliphatic rings. The normalized spacial score (nSPS) is 11.4. The number of hydrogen-bond acceptors (Lipinski definition) is 5. The zero-order valence-electron chi connectivity index (χ0n) is 14.8. The fourth-order valence-corrected chi connectivity index (χ4v) is 4.04. The fourth-order valence-electron chi connectivity index (χ4n) is 3.38. The van der Waals surface area contributed by atoms with Gasteiger partial charge in [-0.2, -0.15) is 21.5 Å². The molecule has 134 valence electrons. The highest BCUT2D eigenvalue weighted by atomic mass is 32.1. The van der Waals surface area contributed by atoms with Gasteiger partial charge in [-0.05, 0) is 58.6 Å². The molecule has 0 spiro atoms. The van der Waals surface area contributed by atoms with E-state index in [1.807, 2.05) is 21.6 Å². The molecule has 0 radical (unpaired) electrons. The van der Waals surface area contributed by atoms with Gasteiger partial charge in [0.05, 0.1) is 18.3 Å². The highest BCUT2D eigenvalue weighted by Gasteiger charge is 2.10. The lowest BCUT2D eigenvalue weighted by Gasteiger charge is -2.09. The van der Waals surface area contributed by atoms with E-state index in [0.29, 0.717) is 0 Å². The summed E-state index contributed by atoms with van der Waals surface area (Å²) in [5, 5.41) is 17.6. The van der Waals surface area contributed by atoms with Crippen molar-refractivity contribution in [2.75, 3.05) is 5.32 Å². The Hall–Kier alpha value is -3.19. The molecule has 0 atom stereocenters. The van der Waals surface area contributed by atoms with Crippen LogP contribution in [0.2, 0.25) is 0 Å². The van der Waals surface area contributed by atoms with Gasteiger partial charge < -0.3 is 5.32 Å². The van der Waals surface area contributed by atoms with E-state index in [-0.39, 0.29) is 0 Å². The van der Waals surface area contributed by atoms with Crippen LogP contribution < -0.4 is 5.32 Å². The molecule has 1 N–H and O–H groups in total. The molecule has 6 nitrogen and oxygen atoms in total. The molecule has 4 aromatic heterocycles. The van der Waals surface area contributed by atoms with Crippen molar-refractivity contribution in [3.05, 3.63) is 70.9 Å². The van der Waals surface area contributed by atoms with Crippen molar-refractivity contribution in [2.24, 2.45) is 0 Å². The highest BCUT2D eigenvalue weighted by molar-refractivity contribution is 7.07. The van der Waals surface area contributed by atoms with Crippen LogP contribution in [0.25, 0.3) is 16.4 Å². The summed E-state index contributed by atoms with van der Waals surface area (Å²) < 4.78 is 3.90. The standard InChI is InChI=1S/C20H18N6S/c1-2-15-5-7-25-19(15)20(21-13-23-25)24-17-3-4-18-16(9-17)10-22-26(18)11-14-6-8-27-12-14/h3-10,12-13H,2,11H2,1H3,(H,21,23,24). The zero-order chi connectivity index (χ0) is 18.2. The van der Waals surface area contributed by atoms with Gasteiger partial charge in [0.2, 0.25) is 0 Å². The van der Waals surface area contributed by atoms with Gasteiger partial charge in [0.15, 0.2) is 5.82 Å². The largest absolute Gasteiger partial charge is 0.338 e. The third-order valence-corrected chi connectivity index (χ3v) is 5.47. The van der Waals surface area contributed by atoms with Gasteiger partial charge in [-0.25, -0.2) is 9.50 Å². The Labute approximate surface area is 160 Å². The molecule has 0 aliphatic heterocycles. The van der Waals surface area contributed by atoms with Crippen molar-refractivity contribution < 1.29 is 0 Å². The molecule has 0 aliphatic carbocycles. The number of fused-ring (bicyclic) bond motifs is 2. The second kappa shape index (κ2) is 6.51. The van der Waals surface area contributed by atoms with Crippen molar-refractivity contribution in [3.8, 4) is 0 Å². The smallest absolute Gasteiger partial charge is 0.158 e. The highest BCUT2D eigenvalue weighted by Crippen LogP contribution is 2.26. The number of nitrogens with one attached hydrogen (secondary N) is 1. The maximum Gasteiger partial charge on any atom is 0.158 e. The molecular formula is C20H18N6S. The number of aryl methyl sites for hydroxylation is 1. The zero-order valence-corrected chi connectivity index (χ0v) is 15.6. The average molecular weight is 374 g/mol. The van der Waals surface area contributed by atoms with E-state index >= 15 is 0 Å². The monoisotopic (exact) mass is 374 g/mol. The molecule has 5 rings (SSSR count). The van der Waals surface area contributed by atoms with Crippen molar-refractivity contribution in [1.29, 1.82) is 0 Å². The summed E-state index contributed by atoms with van der Waals surface area (Å²) >= 11 is 1.71. The minimum Gasteiger partial charge on any atom is -0.338 e. The van der Waals surface area contributed by atoms with Gasteiger partial charge in [-0.3, -0.25) is 4.68 Å². The number of aromatic nitrogens is 5. The Kier molecular flexibility index (Phi) is 3.86. The minimum absolute atomic E-state index is 0.788. The molecule has 1 aromatic carbocycles. The van der Waals surface area contributed by atoms with Gasteiger partial charge in [-0.15, -0.1) is 0 Å². The molecule has 0 fully saturated rings. The molecule has 5 aromatic rings. The molecule has 0 saturated heterocycles. The Morgan fingerprint density at radius 2 is 2.11 bits per heavy atom. The van der Waals surface area contributed by atoms with Gasteiger partial charge in [-0.1, -0.05) is 6.92 Å². The predicted octanol–water partition coefficient (Wildman–Crippen LogP) is 4.49. The summed E-state index contributed by atoms with van der Waals surface area (Å²) in [5.41, 5.74) is 5.63. The van der Waals surface area contributed by atoms with Crippen LogP contribution in [0.3, 0.4) is 0 Å². The molecule has 0 amide bonds. The summed E-state index contributed by atoms with van der Waals surface area (Å²) in [4.78, 5) is 4.46. The first-order chi connectivity index (χ1) is 13.3. The summed E-state index contributed by atoms with van der Waals surface area (Å²) in [6, 6.07) is 10.5. The van der Waals surface area contributed by atoms with Crippen molar-refractivity contribution in [2.45, 2.75) is 19.9 Å². The van der Waals surface area contributed by atoms with Crippen LogP contribution in [0.15, 0.2) is 59.8 Å². The molecule has 7 heteroatoms. The Balaban J connectivity index is 1.49. The Bertz CT molecular complexity index is 1220. The molecule has 4 heterocycles. The van der Waals surface area contributed by atoms with Crippen LogP contribution in [-0.4, -0.2) is 24.4 Å². The average Bonchev–Trinajstić information content (AvgIpc) is 3.42. The maximum atomic E-state index is 4.55. The van der Waals surface area contributed by atoms with Crippen LogP contribution in [0.5, 0.6) is 0 Å². The molecule has 27 heavy (non-hydrogen) atoms. The van der Waals surface area contributed by atoms with E-state index in [9.17, 15) is 0 Å². The first-order valence-corrected chi connectivity index (χ1v) is 9.81. The van der Waals surface area contributed by atoms with Crippen molar-refractivity contribution >= 4 is 39.3 Å². The lowest BCUT2D eigenvalue weighted by atomic mass is 10.2. The van der Waals surface area contributed by atoms with Gasteiger partial charge in [0, 0.05) is 17.3 Å². The van der Waals surface area contributed by atoms with Crippen molar-refractivity contribution in [3.63, 3.8) is 0 Å². The van der Waals surface area contributed by atoms with E-state index in [0.717, 1.165) is 40.9 Å². The lowest BCUT2D eigenvalue weighted by Crippen LogP contribution is -2.01. The van der Waals surface area contributed by atoms with Gasteiger partial charge in [0.25, 0.3) is 0 Å². The number of hydrogen-bond donors (Lipinski definition) is 1. The third kappa shape index (κ3) is 2.86. The molecule has 0 saturated carbocycles. The molecule has 0 unspecified atom stereocenters. The topological polar surface area (TPSA) is 60.0 Å². The van der Waals surface area contributed by atoms with Gasteiger partial charge >= 0.3 is 0 Å². The van der Waals surface area contributed by atoms with E-state index in [1.165, 1.54) is 11.1 Å². The van der Waals surface area contributed by atoms with Gasteiger partial charge in [0.1, 0.15) is 11.8 Å². The SMILES string of the molecule is CCc1ccn2ncnc(Nc3ccc4c(cnn4Cc4ccsc4)c3)c12. The van der Waals surface area contributed by atoms with Crippen molar-refractivity contribution in [1.82, 2.24) is 24.4 Å². The summed E-state index contributed by atoms with van der Waals surface area (Å²) in [7, 11) is 0. The van der Waals surface area contributed by atoms with Crippen LogP contribution in [0.1, 0.15) is 18.1 Å². The Morgan fingerprint density at radius 1 is 1.15 bits per heavy atom. The summed E-state index contributed by atoms with van der Waals surface area (Å²) in [5.74, 6) is 0.817. The van der Waals surface area contributed by atoms with Crippen LogP contribution in [0, 0.1) is 0 Å². The summed E-state index contributed by atoms with van der Waals surface area (Å²) in [6.45, 7) is 2.93. The van der Waals surface area contributed by atoms with E-state index < -0.39 is 0 Å². The van der Waals surface area contributed by atoms with Crippen LogP contribution in [0.4, 0.5) is 11.5 Å². The van der Waals surface area contributed by atoms with Crippen LogP contribution in [-0.2, 0) is 13.0 Å². The number of anilines is 2. The van der Waals surface area contributed by atoms with E-state index in [2.05, 4.69) is 68.5 Å². The lowest BCUT2D eigenvalue weighted by molar-refractivity contribution is 0.714. The number of rotatable bonds is 5. The van der Waals surface area contributed by atoms with E-state index in [1.54, 1.807) is 17.7 Å². The first kappa shape index (κ1) is 16.0. The first-order valence-electron chi connectivity index (χ1n) is 8.86. The molecular weight excluding hydrogens is 356 g/mol. The quantitative estimate of drug-likeness (QED) is 0.492. The predicted molar refractivity (Wildman–Crippen MR) is 109 cm³/mol. The maximum absolute atomic E-state index is 4.55. The number of thiophene rings is 1. The number of benzene rings is 1. The number of nitrogens with zero attached hydrogens (tertiary/aromatic N) is 5.